The number of fused-ring (bicyclic) bond motifs is 3. The van der Waals surface area contributed by atoms with Crippen LogP contribution in [0.15, 0.2) is 34.9 Å². The van der Waals surface area contributed by atoms with Crippen LogP contribution in [0.25, 0.3) is 11.0 Å². The number of carbonyl (C=O) groups excluding carboxylic acids is 1. The summed E-state index contributed by atoms with van der Waals surface area (Å²) < 4.78 is 5.37. The Morgan fingerprint density at radius 1 is 1.08 bits per heavy atom. The number of benzene rings is 1. The van der Waals surface area contributed by atoms with Gasteiger partial charge in [0.25, 0.3) is 0 Å². The fourth-order valence-corrected chi connectivity index (χ4v) is 5.83. The van der Waals surface area contributed by atoms with Crippen molar-refractivity contribution in [2.45, 2.75) is 44.6 Å². The van der Waals surface area contributed by atoms with E-state index in [2.05, 4.69) is 22.8 Å². The van der Waals surface area contributed by atoms with Gasteiger partial charge in [0.05, 0.1) is 6.26 Å². The number of hydrogen-bond acceptors (Lipinski definition) is 2. The molecule has 1 aromatic heterocycles. The van der Waals surface area contributed by atoms with Crippen molar-refractivity contribution < 1.29 is 9.21 Å². The van der Waals surface area contributed by atoms with E-state index < -0.39 is 0 Å². The summed E-state index contributed by atoms with van der Waals surface area (Å²) in [4.78, 5) is 12.3. The zero-order valence-corrected chi connectivity index (χ0v) is 14.5. The highest BCUT2D eigenvalue weighted by atomic mass is 16.3. The molecule has 3 aliphatic rings. The molecular weight excluding hydrogens is 312 g/mol. The molecule has 25 heavy (non-hydrogen) atoms. The molecule has 0 radical (unpaired) electrons. The molecular formula is C21H26N2O2. The number of urea groups is 1. The first kappa shape index (κ1) is 15.3. The van der Waals surface area contributed by atoms with E-state index in [9.17, 15) is 4.79 Å². The van der Waals surface area contributed by atoms with Crippen molar-refractivity contribution >= 4 is 17.0 Å². The topological polar surface area (TPSA) is 54.3 Å². The monoisotopic (exact) mass is 338 g/mol. The van der Waals surface area contributed by atoms with E-state index in [4.69, 9.17) is 4.42 Å². The first-order valence-electron chi connectivity index (χ1n) is 9.75. The van der Waals surface area contributed by atoms with E-state index in [1.807, 2.05) is 12.1 Å². The second-order valence-corrected chi connectivity index (χ2v) is 8.38. The quantitative estimate of drug-likeness (QED) is 0.882. The summed E-state index contributed by atoms with van der Waals surface area (Å²) in [5, 5.41) is 7.47. The van der Waals surface area contributed by atoms with Gasteiger partial charge >= 0.3 is 6.03 Å². The van der Waals surface area contributed by atoms with Crippen LogP contribution in [-0.4, -0.2) is 18.6 Å². The summed E-state index contributed by atoms with van der Waals surface area (Å²) in [6.45, 7) is 0.669. The molecule has 4 heteroatoms. The van der Waals surface area contributed by atoms with Crippen LogP contribution in [0.4, 0.5) is 4.79 Å². The van der Waals surface area contributed by atoms with E-state index in [0.29, 0.717) is 12.6 Å². The third-order valence-electron chi connectivity index (χ3n) is 6.79. The van der Waals surface area contributed by atoms with Crippen molar-refractivity contribution in [2.24, 2.45) is 23.7 Å². The van der Waals surface area contributed by atoms with Gasteiger partial charge in [0.15, 0.2) is 0 Å². The largest absolute Gasteiger partial charge is 0.464 e. The Hall–Kier alpha value is -1.97. The van der Waals surface area contributed by atoms with Gasteiger partial charge in [-0.25, -0.2) is 4.79 Å². The number of amides is 2. The first-order chi connectivity index (χ1) is 12.2. The van der Waals surface area contributed by atoms with Gasteiger partial charge in [0, 0.05) is 18.0 Å². The van der Waals surface area contributed by atoms with E-state index in [-0.39, 0.29) is 6.03 Å². The predicted molar refractivity (Wildman–Crippen MR) is 97.3 cm³/mol. The summed E-state index contributed by atoms with van der Waals surface area (Å²) in [6.07, 6.45) is 9.33. The van der Waals surface area contributed by atoms with Crippen molar-refractivity contribution in [2.75, 3.05) is 6.54 Å². The first-order valence-corrected chi connectivity index (χ1v) is 9.75. The third kappa shape index (κ3) is 2.92. The van der Waals surface area contributed by atoms with Crippen LogP contribution in [0.2, 0.25) is 0 Å². The van der Waals surface area contributed by atoms with Crippen molar-refractivity contribution in [1.29, 1.82) is 0 Å². The molecule has 0 saturated heterocycles. The van der Waals surface area contributed by atoms with Gasteiger partial charge in [-0.15, -0.1) is 0 Å². The minimum Gasteiger partial charge on any atom is -0.464 e. The van der Waals surface area contributed by atoms with E-state index in [1.165, 1.54) is 37.7 Å². The molecule has 1 aromatic carbocycles. The van der Waals surface area contributed by atoms with Gasteiger partial charge in [-0.3, -0.25) is 0 Å². The molecule has 1 heterocycles. The van der Waals surface area contributed by atoms with Gasteiger partial charge in [-0.2, -0.15) is 0 Å². The molecule has 2 amide bonds. The zero-order valence-electron chi connectivity index (χ0n) is 14.5. The number of carbonyl (C=O) groups is 1. The molecule has 0 aliphatic heterocycles. The van der Waals surface area contributed by atoms with Crippen molar-refractivity contribution in [3.05, 3.63) is 36.1 Å². The second kappa shape index (κ2) is 6.08. The number of furan rings is 1. The lowest BCUT2D eigenvalue weighted by Gasteiger charge is -2.39. The van der Waals surface area contributed by atoms with Crippen LogP contribution < -0.4 is 10.6 Å². The van der Waals surface area contributed by atoms with Gasteiger partial charge < -0.3 is 15.1 Å². The Kier molecular flexibility index (Phi) is 3.72. The maximum atomic E-state index is 12.3. The second-order valence-electron chi connectivity index (χ2n) is 8.38. The van der Waals surface area contributed by atoms with Crippen LogP contribution >= 0.6 is 0 Å². The number of nitrogens with one attached hydrogen (secondary N) is 2. The molecule has 3 fully saturated rings. The molecule has 5 atom stereocenters. The summed E-state index contributed by atoms with van der Waals surface area (Å²) in [5.41, 5.74) is 2.14. The highest BCUT2D eigenvalue weighted by molar-refractivity contribution is 5.77. The van der Waals surface area contributed by atoms with Gasteiger partial charge in [0.2, 0.25) is 0 Å². The Morgan fingerprint density at radius 3 is 2.88 bits per heavy atom. The molecule has 132 valence electrons. The zero-order chi connectivity index (χ0) is 16.8. The Balaban J connectivity index is 1.13. The minimum atomic E-state index is 0.0131. The Labute approximate surface area is 148 Å². The average molecular weight is 338 g/mol. The lowest BCUT2D eigenvalue weighted by Crippen LogP contribution is -2.49. The summed E-state index contributed by atoms with van der Waals surface area (Å²) in [7, 11) is 0. The Morgan fingerprint density at radius 2 is 1.96 bits per heavy atom. The molecule has 3 aliphatic carbocycles. The molecule has 2 aromatic rings. The van der Waals surface area contributed by atoms with Crippen molar-refractivity contribution in [3.63, 3.8) is 0 Å². The molecule has 3 bridgehead atoms. The Bertz CT molecular complexity index is 781. The van der Waals surface area contributed by atoms with E-state index in [1.54, 1.807) is 6.26 Å². The SMILES string of the molecule is O=C(NCCc1ccc2occc2c1)NC1CC2CC3CC(C2)C1C3. The van der Waals surface area contributed by atoms with Gasteiger partial charge in [-0.05, 0) is 86.0 Å². The minimum absolute atomic E-state index is 0.0131. The molecule has 3 saturated carbocycles. The van der Waals surface area contributed by atoms with E-state index in [0.717, 1.165) is 41.1 Å². The highest BCUT2D eigenvalue weighted by Crippen LogP contribution is 2.55. The fraction of sp³-hybridized carbons (Fsp3) is 0.571. The van der Waals surface area contributed by atoms with Gasteiger partial charge in [0.1, 0.15) is 5.58 Å². The summed E-state index contributed by atoms with van der Waals surface area (Å²) in [5.74, 6) is 3.42. The van der Waals surface area contributed by atoms with Crippen LogP contribution in [0.3, 0.4) is 0 Å². The van der Waals surface area contributed by atoms with Gasteiger partial charge in [-0.1, -0.05) is 6.07 Å². The molecule has 2 N–H and O–H groups in total. The lowest BCUT2D eigenvalue weighted by molar-refractivity contribution is 0.139. The number of hydrogen-bond donors (Lipinski definition) is 2. The lowest BCUT2D eigenvalue weighted by atomic mass is 9.70. The molecule has 5 unspecified atom stereocenters. The number of rotatable bonds is 4. The normalized spacial score (nSPS) is 32.9. The van der Waals surface area contributed by atoms with Crippen LogP contribution in [0, 0.1) is 23.7 Å². The standard InChI is InChI=1S/C21H26N2O2/c24-21(22-5-3-13-1-2-20-16(8-13)4-6-25-20)23-19-12-15-7-14-9-17(10-15)18(19)11-14/h1-2,4,6,8,14-15,17-19H,3,5,7,9-12H2,(H2,22,23,24). The van der Waals surface area contributed by atoms with Crippen LogP contribution in [-0.2, 0) is 6.42 Å². The third-order valence-corrected chi connectivity index (χ3v) is 6.79. The van der Waals surface area contributed by atoms with Crippen molar-refractivity contribution in [1.82, 2.24) is 10.6 Å². The van der Waals surface area contributed by atoms with E-state index >= 15 is 0 Å². The van der Waals surface area contributed by atoms with Crippen LogP contribution in [0.5, 0.6) is 0 Å². The molecule has 4 nitrogen and oxygen atoms in total. The maximum Gasteiger partial charge on any atom is 0.315 e. The summed E-state index contributed by atoms with van der Waals surface area (Å²) in [6, 6.07) is 8.60. The maximum absolute atomic E-state index is 12.3. The average Bonchev–Trinajstić information content (AvgIpc) is 3.14. The fourth-order valence-electron chi connectivity index (χ4n) is 5.83. The van der Waals surface area contributed by atoms with Crippen LogP contribution in [0.1, 0.15) is 37.7 Å². The van der Waals surface area contributed by atoms with Crippen molar-refractivity contribution in [3.8, 4) is 0 Å². The molecule has 0 spiro atoms. The summed E-state index contributed by atoms with van der Waals surface area (Å²) >= 11 is 0. The predicted octanol–water partition coefficient (Wildman–Crippen LogP) is 4.10. The molecule has 5 rings (SSSR count). The smallest absolute Gasteiger partial charge is 0.315 e. The highest BCUT2D eigenvalue weighted by Gasteiger charge is 2.49.